The van der Waals surface area contributed by atoms with Crippen LogP contribution in [-0.2, 0) is 18.0 Å². The molecule has 0 radical (unpaired) electrons. The normalized spacial score (nSPS) is 28.8. The summed E-state index contributed by atoms with van der Waals surface area (Å²) in [6.45, 7) is 32.7. The van der Waals surface area contributed by atoms with Crippen LogP contribution in [0.2, 0.25) is 54.4 Å². The molecule has 9 heteroatoms. The Balaban J connectivity index is 3.28. The van der Waals surface area contributed by atoms with Gasteiger partial charge in [-0.15, -0.1) is 0 Å². The van der Waals surface area contributed by atoms with Gasteiger partial charge in [0.15, 0.2) is 31.2 Å². The van der Waals surface area contributed by atoms with E-state index in [1.165, 1.54) is 0 Å². The van der Waals surface area contributed by atoms with Gasteiger partial charge in [-0.25, -0.2) is 0 Å². The fourth-order valence-corrected chi connectivity index (χ4v) is 6.45. The molecule has 0 amide bonds. The average molecular weight is 523 g/mol. The van der Waals surface area contributed by atoms with Crippen LogP contribution in [0.3, 0.4) is 0 Å². The number of hydrogen-bond donors (Lipinski definition) is 2. The molecule has 0 aromatic heterocycles. The number of hydrogen-bond acceptors (Lipinski definition) is 6. The van der Waals surface area contributed by atoms with Gasteiger partial charge in [0.2, 0.25) is 0 Å². The SMILES string of the molecule is CC(C)(C)[Si](C)(C)OC[C@H]1O[C@@H](O)[C@H](O[Si](C)(C)C(C)(C)C)[C@@H](O[Si](C)(C)C(C)(C)C)[C@@H]1O. The third-order valence-electron chi connectivity index (χ3n) is 8.53. The predicted octanol–water partition coefficient (Wildman–Crippen LogP) is 5.87. The van der Waals surface area contributed by atoms with Crippen LogP contribution in [0, 0.1) is 0 Å². The summed E-state index contributed by atoms with van der Waals surface area (Å²) in [5.74, 6) is 0. The lowest BCUT2D eigenvalue weighted by atomic mass is 9.99. The minimum atomic E-state index is -2.27. The van der Waals surface area contributed by atoms with E-state index in [-0.39, 0.29) is 21.7 Å². The molecule has 1 aliphatic rings. The van der Waals surface area contributed by atoms with E-state index in [4.69, 9.17) is 18.0 Å². The maximum atomic E-state index is 11.5. The molecule has 0 unspecified atom stereocenters. The van der Waals surface area contributed by atoms with Gasteiger partial charge in [-0.2, -0.15) is 0 Å². The summed E-state index contributed by atoms with van der Waals surface area (Å²) in [5, 5.41) is 22.5. The predicted molar refractivity (Wildman–Crippen MR) is 144 cm³/mol. The third-order valence-corrected chi connectivity index (χ3v) is 22.0. The van der Waals surface area contributed by atoms with E-state index < -0.39 is 55.7 Å². The molecule has 33 heavy (non-hydrogen) atoms. The zero-order chi connectivity index (χ0) is 26.4. The number of aliphatic hydroxyl groups is 2. The van der Waals surface area contributed by atoms with E-state index in [0.717, 1.165) is 0 Å². The van der Waals surface area contributed by atoms with Gasteiger partial charge in [0.25, 0.3) is 0 Å². The van der Waals surface area contributed by atoms with E-state index in [2.05, 4.69) is 102 Å². The van der Waals surface area contributed by atoms with Crippen LogP contribution in [0.15, 0.2) is 0 Å². The first-order valence-corrected chi connectivity index (χ1v) is 21.1. The first-order chi connectivity index (χ1) is 14.3. The molecule has 1 fully saturated rings. The molecule has 1 rings (SSSR count). The highest BCUT2D eigenvalue weighted by Gasteiger charge is 2.53. The van der Waals surface area contributed by atoms with Gasteiger partial charge >= 0.3 is 0 Å². The van der Waals surface area contributed by atoms with E-state index in [9.17, 15) is 10.2 Å². The van der Waals surface area contributed by atoms with Gasteiger partial charge in [0.05, 0.1) is 6.61 Å². The van der Waals surface area contributed by atoms with Crippen molar-refractivity contribution in [3.8, 4) is 0 Å². The van der Waals surface area contributed by atoms with Gasteiger partial charge in [0.1, 0.15) is 24.4 Å². The number of rotatable bonds is 7. The second-order valence-electron chi connectivity index (χ2n) is 14.3. The van der Waals surface area contributed by atoms with Gasteiger partial charge in [-0.05, 0) is 54.4 Å². The van der Waals surface area contributed by atoms with Gasteiger partial charge in [-0.1, -0.05) is 62.3 Å². The van der Waals surface area contributed by atoms with E-state index in [1.54, 1.807) is 0 Å². The molecule has 6 nitrogen and oxygen atoms in total. The van der Waals surface area contributed by atoms with Crippen LogP contribution < -0.4 is 0 Å². The van der Waals surface area contributed by atoms with Crippen molar-refractivity contribution in [2.24, 2.45) is 0 Å². The Morgan fingerprint density at radius 1 is 0.636 bits per heavy atom. The maximum Gasteiger partial charge on any atom is 0.192 e. The molecule has 1 saturated heterocycles. The zero-order valence-electron chi connectivity index (χ0n) is 24.1. The quantitative estimate of drug-likeness (QED) is 0.407. The summed E-state index contributed by atoms with van der Waals surface area (Å²) in [7, 11) is -6.58. The zero-order valence-corrected chi connectivity index (χ0v) is 27.1. The van der Waals surface area contributed by atoms with Crippen molar-refractivity contribution in [2.75, 3.05) is 6.61 Å². The fourth-order valence-electron chi connectivity index (χ4n) is 2.85. The monoisotopic (exact) mass is 522 g/mol. The summed E-state index contributed by atoms with van der Waals surface area (Å²) in [4.78, 5) is 0. The Morgan fingerprint density at radius 2 is 1.00 bits per heavy atom. The topological polar surface area (TPSA) is 77.4 Å². The maximum absolute atomic E-state index is 11.5. The van der Waals surface area contributed by atoms with Crippen LogP contribution in [0.25, 0.3) is 0 Å². The lowest BCUT2D eigenvalue weighted by molar-refractivity contribution is -0.279. The van der Waals surface area contributed by atoms with Crippen LogP contribution >= 0.6 is 0 Å². The smallest absolute Gasteiger partial charge is 0.192 e. The molecule has 0 aromatic carbocycles. The highest BCUT2D eigenvalue weighted by atomic mass is 28.4. The van der Waals surface area contributed by atoms with Crippen LogP contribution in [0.5, 0.6) is 0 Å². The number of ether oxygens (including phenoxy) is 1. The molecular formula is C24H54O6Si3. The minimum Gasteiger partial charge on any atom is -0.414 e. The number of aliphatic hydroxyl groups excluding tert-OH is 2. The van der Waals surface area contributed by atoms with Gasteiger partial charge in [-0.3, -0.25) is 0 Å². The van der Waals surface area contributed by atoms with Gasteiger partial charge < -0.3 is 28.2 Å². The molecule has 1 aliphatic heterocycles. The van der Waals surface area contributed by atoms with Crippen LogP contribution in [0.4, 0.5) is 0 Å². The lowest BCUT2D eigenvalue weighted by Gasteiger charge is -2.51. The summed E-state index contributed by atoms with van der Waals surface area (Å²) in [6, 6.07) is 0. The van der Waals surface area contributed by atoms with Gasteiger partial charge in [0, 0.05) is 0 Å². The summed E-state index contributed by atoms with van der Waals surface area (Å²) in [6.07, 6.45) is -4.26. The molecule has 5 atom stereocenters. The highest BCUT2D eigenvalue weighted by Crippen LogP contribution is 2.43. The Morgan fingerprint density at radius 3 is 1.36 bits per heavy atom. The molecule has 1 heterocycles. The van der Waals surface area contributed by atoms with Crippen molar-refractivity contribution in [2.45, 2.75) is 147 Å². The molecule has 0 aromatic rings. The molecule has 0 bridgehead atoms. The fraction of sp³-hybridized carbons (Fsp3) is 1.00. The molecular weight excluding hydrogens is 469 g/mol. The molecule has 0 spiro atoms. The Labute approximate surface area is 207 Å². The molecule has 2 N–H and O–H groups in total. The second-order valence-corrected chi connectivity index (χ2v) is 28.6. The summed E-state index contributed by atoms with van der Waals surface area (Å²) < 4.78 is 25.6. The van der Waals surface area contributed by atoms with Crippen molar-refractivity contribution in [3.05, 3.63) is 0 Å². The van der Waals surface area contributed by atoms with Crippen molar-refractivity contribution in [1.29, 1.82) is 0 Å². The van der Waals surface area contributed by atoms with Crippen molar-refractivity contribution < 1.29 is 28.2 Å². The third kappa shape index (κ3) is 7.45. The first-order valence-electron chi connectivity index (χ1n) is 12.4. The Bertz CT molecular complexity index is 646. The van der Waals surface area contributed by atoms with Crippen LogP contribution in [-0.4, -0.2) is 72.5 Å². The minimum absolute atomic E-state index is 0.0380. The largest absolute Gasteiger partial charge is 0.414 e. The molecule has 0 saturated carbocycles. The highest BCUT2D eigenvalue weighted by molar-refractivity contribution is 6.75. The Kier molecular flexibility index (Phi) is 9.57. The lowest BCUT2D eigenvalue weighted by Crippen LogP contribution is -2.66. The summed E-state index contributed by atoms with van der Waals surface area (Å²) in [5.41, 5.74) is 0. The van der Waals surface area contributed by atoms with Crippen LogP contribution in [0.1, 0.15) is 62.3 Å². The van der Waals surface area contributed by atoms with E-state index in [1.807, 2.05) is 0 Å². The summed E-state index contributed by atoms with van der Waals surface area (Å²) >= 11 is 0. The first kappa shape index (κ1) is 31.4. The van der Waals surface area contributed by atoms with Crippen molar-refractivity contribution in [3.63, 3.8) is 0 Å². The van der Waals surface area contributed by atoms with E-state index in [0.29, 0.717) is 0 Å². The Hall–Kier alpha value is 0.411. The molecule has 198 valence electrons. The second kappa shape index (κ2) is 10.0. The van der Waals surface area contributed by atoms with Crippen molar-refractivity contribution in [1.82, 2.24) is 0 Å². The van der Waals surface area contributed by atoms with Crippen molar-refractivity contribution >= 4 is 25.0 Å². The average Bonchev–Trinajstić information content (AvgIpc) is 2.56. The molecule has 0 aliphatic carbocycles. The van der Waals surface area contributed by atoms with E-state index >= 15 is 0 Å². The standard InChI is InChI=1S/C24H54O6Si3/c1-22(2,3)31(10,11)27-16-17-18(25)19(29-32(12,13)23(4,5)6)20(21(26)28-17)30-33(14,15)24(7,8)9/h17-21,25-26H,16H2,1-15H3/t17-,18-,19+,20-,21-/m1/s1.